The van der Waals surface area contributed by atoms with Gasteiger partial charge in [-0.3, -0.25) is 4.79 Å². The molecule has 0 aliphatic rings. The Kier molecular flexibility index (Phi) is 4.84. The molecule has 0 aromatic heterocycles. The molecule has 0 fully saturated rings. The summed E-state index contributed by atoms with van der Waals surface area (Å²) in [5.41, 5.74) is 1.33. The lowest BCUT2D eigenvalue weighted by Gasteiger charge is -2.20. The Morgan fingerprint density at radius 3 is 2.21 bits per heavy atom. The zero-order valence-electron chi connectivity index (χ0n) is 11.8. The average Bonchev–Trinajstić information content (AvgIpc) is 2.36. The molecule has 0 heterocycles. The second-order valence-electron chi connectivity index (χ2n) is 5.35. The van der Waals surface area contributed by atoms with Gasteiger partial charge in [-0.05, 0) is 36.1 Å². The Hall–Kier alpha value is -1.68. The van der Waals surface area contributed by atoms with Crippen LogP contribution < -0.4 is 0 Å². The van der Waals surface area contributed by atoms with Crippen molar-refractivity contribution in [3.8, 4) is 0 Å². The van der Waals surface area contributed by atoms with E-state index in [1.165, 1.54) is 6.07 Å². The summed E-state index contributed by atoms with van der Waals surface area (Å²) in [4.78, 5) is 23.4. The fraction of sp³-hybridized carbons (Fsp3) is 0.467. The molecular weight excluding hydrogens is 244 g/mol. The topological polar surface area (TPSA) is 63.6 Å². The largest absolute Gasteiger partial charge is 0.462 e. The minimum absolute atomic E-state index is 0.201. The van der Waals surface area contributed by atoms with Gasteiger partial charge in [-0.1, -0.05) is 20.8 Å². The van der Waals surface area contributed by atoms with Gasteiger partial charge in [-0.15, -0.1) is 0 Å². The van der Waals surface area contributed by atoms with Gasteiger partial charge in [0.25, 0.3) is 0 Å². The Balaban J connectivity index is 3.32. The minimum atomic E-state index is -0.574. The monoisotopic (exact) mass is 264 g/mol. The Bertz CT molecular complexity index is 483. The van der Waals surface area contributed by atoms with Crippen molar-refractivity contribution in [2.24, 2.45) is 0 Å². The van der Waals surface area contributed by atoms with E-state index in [1.54, 1.807) is 19.1 Å². The van der Waals surface area contributed by atoms with Crippen LogP contribution in [-0.2, 0) is 10.2 Å². The normalized spacial score (nSPS) is 11.2. The molecule has 4 nitrogen and oxygen atoms in total. The summed E-state index contributed by atoms with van der Waals surface area (Å²) in [5.74, 6) is -0.864. The lowest BCUT2D eigenvalue weighted by molar-refractivity contribution is 0.0526. The number of ether oxygens (including phenoxy) is 1. The molecule has 0 atom stereocenters. The number of hydrogen-bond acceptors (Lipinski definition) is 4. The van der Waals surface area contributed by atoms with Crippen LogP contribution in [-0.4, -0.2) is 30.1 Å². The molecule has 0 unspecified atom stereocenters. The van der Waals surface area contributed by atoms with E-state index in [2.05, 4.69) is 0 Å². The first-order chi connectivity index (χ1) is 8.79. The van der Waals surface area contributed by atoms with Crippen molar-refractivity contribution in [3.63, 3.8) is 0 Å². The van der Waals surface area contributed by atoms with Crippen LogP contribution in [0.15, 0.2) is 18.2 Å². The number of hydrogen-bond donors (Lipinski definition) is 1. The molecule has 0 aliphatic carbocycles. The summed E-state index contributed by atoms with van der Waals surface area (Å²) in [6.07, 6.45) is 0. The van der Waals surface area contributed by atoms with Gasteiger partial charge in [-0.2, -0.15) is 0 Å². The number of carbonyl (C=O) groups is 2. The number of esters is 1. The van der Waals surface area contributed by atoms with Gasteiger partial charge in [0.2, 0.25) is 0 Å². The van der Waals surface area contributed by atoms with E-state index in [-0.39, 0.29) is 12.0 Å². The van der Waals surface area contributed by atoms with E-state index in [9.17, 15) is 9.59 Å². The minimum Gasteiger partial charge on any atom is -0.462 e. The number of Topliss-reactive ketones (excluding diaryl/α,β-unsaturated/α-hetero) is 1. The van der Waals surface area contributed by atoms with Crippen LogP contribution in [0, 0.1) is 0 Å². The average molecular weight is 264 g/mol. The highest BCUT2D eigenvalue weighted by atomic mass is 16.5. The van der Waals surface area contributed by atoms with Crippen molar-refractivity contribution < 1.29 is 19.4 Å². The molecule has 19 heavy (non-hydrogen) atoms. The molecule has 0 amide bonds. The summed E-state index contributed by atoms with van der Waals surface area (Å²) < 4.78 is 4.95. The van der Waals surface area contributed by atoms with Crippen molar-refractivity contribution in [1.82, 2.24) is 0 Å². The molecule has 0 saturated heterocycles. The third kappa shape index (κ3) is 3.89. The van der Waals surface area contributed by atoms with E-state index in [0.717, 1.165) is 5.56 Å². The van der Waals surface area contributed by atoms with Crippen LogP contribution in [0.1, 0.15) is 54.0 Å². The SMILES string of the molecule is CCOC(=O)c1cc(C(=O)CO)cc(C(C)(C)C)c1. The zero-order valence-corrected chi connectivity index (χ0v) is 11.8. The van der Waals surface area contributed by atoms with E-state index in [1.807, 2.05) is 20.8 Å². The van der Waals surface area contributed by atoms with Crippen LogP contribution >= 0.6 is 0 Å². The Labute approximate surface area is 113 Å². The summed E-state index contributed by atoms with van der Waals surface area (Å²) in [6.45, 7) is 7.41. The molecule has 0 radical (unpaired) electrons. The van der Waals surface area contributed by atoms with Crippen LogP contribution in [0.2, 0.25) is 0 Å². The summed E-state index contributed by atoms with van der Waals surface area (Å²) in [7, 11) is 0. The van der Waals surface area contributed by atoms with Gasteiger partial charge in [-0.25, -0.2) is 4.79 Å². The predicted octanol–water partition coefficient (Wildman–Crippen LogP) is 2.34. The smallest absolute Gasteiger partial charge is 0.338 e. The summed E-state index contributed by atoms with van der Waals surface area (Å²) in [5, 5.41) is 8.95. The van der Waals surface area contributed by atoms with Crippen LogP contribution in [0.25, 0.3) is 0 Å². The molecular formula is C15H20O4. The van der Waals surface area contributed by atoms with Crippen molar-refractivity contribution in [2.45, 2.75) is 33.1 Å². The lowest BCUT2D eigenvalue weighted by Crippen LogP contribution is -2.16. The summed E-state index contributed by atoms with van der Waals surface area (Å²) in [6, 6.07) is 4.90. The van der Waals surface area contributed by atoms with Crippen LogP contribution in [0.5, 0.6) is 0 Å². The Morgan fingerprint density at radius 2 is 1.74 bits per heavy atom. The highest BCUT2D eigenvalue weighted by Crippen LogP contribution is 2.25. The third-order valence-corrected chi connectivity index (χ3v) is 2.78. The number of rotatable bonds is 4. The highest BCUT2D eigenvalue weighted by Gasteiger charge is 2.19. The second-order valence-corrected chi connectivity index (χ2v) is 5.35. The van der Waals surface area contributed by atoms with E-state index in [0.29, 0.717) is 11.1 Å². The molecule has 1 aromatic carbocycles. The fourth-order valence-corrected chi connectivity index (χ4v) is 1.65. The van der Waals surface area contributed by atoms with Gasteiger partial charge in [0, 0.05) is 5.56 Å². The van der Waals surface area contributed by atoms with Crippen LogP contribution in [0.4, 0.5) is 0 Å². The molecule has 1 rings (SSSR count). The highest BCUT2D eigenvalue weighted by molar-refractivity contribution is 6.00. The zero-order chi connectivity index (χ0) is 14.6. The first-order valence-corrected chi connectivity index (χ1v) is 6.26. The lowest BCUT2D eigenvalue weighted by atomic mass is 9.84. The van der Waals surface area contributed by atoms with Gasteiger partial charge in [0.1, 0.15) is 6.61 Å². The van der Waals surface area contributed by atoms with Crippen molar-refractivity contribution in [1.29, 1.82) is 0 Å². The van der Waals surface area contributed by atoms with Gasteiger partial charge in [0.05, 0.1) is 12.2 Å². The van der Waals surface area contributed by atoms with Gasteiger partial charge < -0.3 is 9.84 Å². The molecule has 1 aromatic rings. The quantitative estimate of drug-likeness (QED) is 0.669. The van der Waals surface area contributed by atoms with E-state index in [4.69, 9.17) is 9.84 Å². The first kappa shape index (κ1) is 15.4. The number of carbonyl (C=O) groups excluding carboxylic acids is 2. The van der Waals surface area contributed by atoms with Crippen molar-refractivity contribution in [3.05, 3.63) is 34.9 Å². The number of benzene rings is 1. The van der Waals surface area contributed by atoms with E-state index >= 15 is 0 Å². The van der Waals surface area contributed by atoms with Gasteiger partial charge in [0.15, 0.2) is 5.78 Å². The molecule has 0 bridgehead atoms. The molecule has 0 saturated carbocycles. The molecule has 1 N–H and O–H groups in total. The number of aliphatic hydroxyl groups excluding tert-OH is 1. The molecule has 4 heteroatoms. The van der Waals surface area contributed by atoms with Crippen LogP contribution in [0.3, 0.4) is 0 Å². The maximum atomic E-state index is 11.8. The number of aliphatic hydroxyl groups is 1. The molecule has 0 aliphatic heterocycles. The first-order valence-electron chi connectivity index (χ1n) is 6.26. The molecule has 104 valence electrons. The Morgan fingerprint density at radius 1 is 1.16 bits per heavy atom. The van der Waals surface area contributed by atoms with E-state index < -0.39 is 18.4 Å². The number of ketones is 1. The second kappa shape index (κ2) is 5.97. The fourth-order valence-electron chi connectivity index (χ4n) is 1.65. The maximum absolute atomic E-state index is 11.8. The summed E-state index contributed by atoms with van der Waals surface area (Å²) >= 11 is 0. The standard InChI is InChI=1S/C15H20O4/c1-5-19-14(18)11-6-10(13(17)9-16)7-12(8-11)15(2,3)4/h6-8,16H,5,9H2,1-4H3. The predicted molar refractivity (Wildman–Crippen MR) is 72.5 cm³/mol. The third-order valence-electron chi connectivity index (χ3n) is 2.78. The molecule has 0 spiro atoms. The van der Waals surface area contributed by atoms with Crippen molar-refractivity contribution in [2.75, 3.05) is 13.2 Å². The van der Waals surface area contributed by atoms with Gasteiger partial charge >= 0.3 is 5.97 Å². The van der Waals surface area contributed by atoms with Crippen molar-refractivity contribution >= 4 is 11.8 Å². The maximum Gasteiger partial charge on any atom is 0.338 e.